The first-order chi connectivity index (χ1) is 8.19. The summed E-state index contributed by atoms with van der Waals surface area (Å²) in [5, 5.41) is 9.08. The van der Waals surface area contributed by atoms with Gasteiger partial charge in [-0.25, -0.2) is 4.98 Å². The summed E-state index contributed by atoms with van der Waals surface area (Å²) in [5.74, 6) is 1.49. The van der Waals surface area contributed by atoms with Crippen molar-refractivity contribution in [2.75, 3.05) is 5.73 Å². The van der Waals surface area contributed by atoms with Gasteiger partial charge < -0.3 is 10.3 Å². The normalized spacial score (nSPS) is 10.2. The van der Waals surface area contributed by atoms with Gasteiger partial charge in [0, 0.05) is 12.1 Å². The van der Waals surface area contributed by atoms with Crippen molar-refractivity contribution in [3.8, 4) is 17.3 Å². The summed E-state index contributed by atoms with van der Waals surface area (Å²) in [6.45, 7) is 4.71. The monoisotopic (exact) mass is 226 g/mol. The largest absolute Gasteiger partial charge is 0.383 e. The minimum Gasteiger partial charge on any atom is -0.383 e. The Hall–Kier alpha value is -2.28. The molecule has 0 aliphatic rings. The summed E-state index contributed by atoms with van der Waals surface area (Å²) >= 11 is 0. The van der Waals surface area contributed by atoms with Crippen LogP contribution in [0.1, 0.15) is 18.3 Å². The molecule has 0 saturated heterocycles. The Morgan fingerprint density at radius 1 is 1.41 bits per heavy atom. The minimum atomic E-state index is 0.597. The Bertz CT molecular complexity index is 590. The van der Waals surface area contributed by atoms with Crippen LogP contribution in [0.15, 0.2) is 24.3 Å². The van der Waals surface area contributed by atoms with Crippen molar-refractivity contribution in [1.29, 1.82) is 5.26 Å². The molecule has 17 heavy (non-hydrogen) atoms. The molecule has 1 aromatic carbocycles. The van der Waals surface area contributed by atoms with E-state index < -0.39 is 0 Å². The van der Waals surface area contributed by atoms with Gasteiger partial charge in [0.1, 0.15) is 17.3 Å². The fourth-order valence-electron chi connectivity index (χ4n) is 1.97. The van der Waals surface area contributed by atoms with Crippen molar-refractivity contribution in [3.63, 3.8) is 0 Å². The quantitative estimate of drug-likeness (QED) is 0.854. The van der Waals surface area contributed by atoms with E-state index in [2.05, 4.69) is 11.1 Å². The Morgan fingerprint density at radius 3 is 2.71 bits per heavy atom. The second-order valence-corrected chi connectivity index (χ2v) is 3.79. The molecule has 4 heteroatoms. The van der Waals surface area contributed by atoms with E-state index in [4.69, 9.17) is 11.0 Å². The number of nitrogens with zero attached hydrogens (tertiary/aromatic N) is 3. The van der Waals surface area contributed by atoms with Gasteiger partial charge >= 0.3 is 0 Å². The highest BCUT2D eigenvalue weighted by Gasteiger charge is 2.14. The molecular weight excluding hydrogens is 212 g/mol. The summed E-state index contributed by atoms with van der Waals surface area (Å²) < 4.78 is 1.93. The van der Waals surface area contributed by atoms with Crippen LogP contribution in [0.2, 0.25) is 0 Å². The van der Waals surface area contributed by atoms with Gasteiger partial charge in [-0.2, -0.15) is 5.26 Å². The summed E-state index contributed by atoms with van der Waals surface area (Å²) in [7, 11) is 0. The molecule has 0 fully saturated rings. The SMILES string of the molecule is CCn1c(C)nc(-c2ccccc2C#N)c1N. The first-order valence-electron chi connectivity index (χ1n) is 5.51. The van der Waals surface area contributed by atoms with Crippen LogP contribution in [0.5, 0.6) is 0 Å². The van der Waals surface area contributed by atoms with Gasteiger partial charge in [-0.05, 0) is 19.9 Å². The number of aryl methyl sites for hydroxylation is 1. The van der Waals surface area contributed by atoms with Crippen LogP contribution in [0, 0.1) is 18.3 Å². The van der Waals surface area contributed by atoms with Crippen molar-refractivity contribution in [2.45, 2.75) is 20.4 Å². The third kappa shape index (κ3) is 1.76. The highest BCUT2D eigenvalue weighted by atomic mass is 15.1. The van der Waals surface area contributed by atoms with Crippen LogP contribution >= 0.6 is 0 Å². The molecule has 0 spiro atoms. The van der Waals surface area contributed by atoms with Crippen molar-refractivity contribution < 1.29 is 0 Å². The lowest BCUT2D eigenvalue weighted by molar-refractivity contribution is 0.739. The predicted octanol–water partition coefficient (Wildman–Crippen LogP) is 2.33. The number of benzene rings is 1. The summed E-state index contributed by atoms with van der Waals surface area (Å²) in [6.07, 6.45) is 0. The number of imidazole rings is 1. The zero-order valence-corrected chi connectivity index (χ0v) is 9.94. The molecule has 1 aromatic heterocycles. The second kappa shape index (κ2) is 4.30. The molecule has 0 bridgehead atoms. The molecule has 0 atom stereocenters. The lowest BCUT2D eigenvalue weighted by Gasteiger charge is -2.04. The molecule has 0 aliphatic carbocycles. The van der Waals surface area contributed by atoms with Gasteiger partial charge in [-0.3, -0.25) is 0 Å². The van der Waals surface area contributed by atoms with E-state index in [1.165, 1.54) is 0 Å². The number of aromatic nitrogens is 2. The first kappa shape index (κ1) is 11.2. The molecule has 2 aromatic rings. The summed E-state index contributed by atoms with van der Waals surface area (Å²) in [4.78, 5) is 4.45. The van der Waals surface area contributed by atoms with Gasteiger partial charge in [0.25, 0.3) is 0 Å². The number of hydrogen-bond donors (Lipinski definition) is 1. The molecule has 0 radical (unpaired) electrons. The second-order valence-electron chi connectivity index (χ2n) is 3.79. The Kier molecular flexibility index (Phi) is 2.84. The maximum atomic E-state index is 9.08. The number of rotatable bonds is 2. The highest BCUT2D eigenvalue weighted by Crippen LogP contribution is 2.28. The predicted molar refractivity (Wildman–Crippen MR) is 67.2 cm³/mol. The van der Waals surface area contributed by atoms with Gasteiger partial charge in [0.2, 0.25) is 0 Å². The summed E-state index contributed by atoms with van der Waals surface area (Å²) in [5.41, 5.74) is 8.15. The van der Waals surface area contributed by atoms with E-state index in [0.29, 0.717) is 17.1 Å². The molecule has 86 valence electrons. The van der Waals surface area contributed by atoms with Crippen molar-refractivity contribution in [2.24, 2.45) is 0 Å². The average Bonchev–Trinajstić information content (AvgIpc) is 2.64. The van der Waals surface area contributed by atoms with Crippen molar-refractivity contribution in [3.05, 3.63) is 35.7 Å². The van der Waals surface area contributed by atoms with Gasteiger partial charge in [0.15, 0.2) is 0 Å². The number of nitrogen functional groups attached to an aromatic ring is 1. The van der Waals surface area contributed by atoms with Crippen LogP contribution < -0.4 is 5.73 Å². The maximum Gasteiger partial charge on any atom is 0.131 e. The molecule has 4 nitrogen and oxygen atoms in total. The molecule has 0 aliphatic heterocycles. The molecule has 0 amide bonds. The zero-order valence-electron chi connectivity index (χ0n) is 9.94. The third-order valence-electron chi connectivity index (χ3n) is 2.82. The number of anilines is 1. The number of nitriles is 1. The van der Waals surface area contributed by atoms with Gasteiger partial charge in [0.05, 0.1) is 11.6 Å². The van der Waals surface area contributed by atoms with Gasteiger partial charge in [-0.15, -0.1) is 0 Å². The Morgan fingerprint density at radius 2 is 2.12 bits per heavy atom. The van der Waals surface area contributed by atoms with Crippen LogP contribution in [-0.4, -0.2) is 9.55 Å². The number of nitrogens with two attached hydrogens (primary N) is 1. The highest BCUT2D eigenvalue weighted by molar-refractivity contribution is 5.75. The smallest absolute Gasteiger partial charge is 0.131 e. The molecule has 0 saturated carbocycles. The Balaban J connectivity index is 2.66. The van der Waals surface area contributed by atoms with E-state index in [9.17, 15) is 0 Å². The van der Waals surface area contributed by atoms with Crippen LogP contribution in [0.25, 0.3) is 11.3 Å². The van der Waals surface area contributed by atoms with E-state index in [1.54, 1.807) is 6.07 Å². The standard InChI is InChI=1S/C13H14N4/c1-3-17-9(2)16-12(13(17)15)11-7-5-4-6-10(11)8-14/h4-7H,3,15H2,1-2H3. The molecule has 2 rings (SSSR count). The van der Waals surface area contributed by atoms with E-state index in [-0.39, 0.29) is 0 Å². The lowest BCUT2D eigenvalue weighted by atomic mass is 10.1. The fraction of sp³-hybridized carbons (Fsp3) is 0.231. The van der Waals surface area contributed by atoms with E-state index in [0.717, 1.165) is 17.9 Å². The molecule has 2 N–H and O–H groups in total. The topological polar surface area (TPSA) is 67.6 Å². The number of hydrogen-bond acceptors (Lipinski definition) is 3. The van der Waals surface area contributed by atoms with E-state index >= 15 is 0 Å². The van der Waals surface area contributed by atoms with Crippen molar-refractivity contribution in [1.82, 2.24) is 9.55 Å². The Labute approximate surface area is 100 Å². The van der Waals surface area contributed by atoms with Gasteiger partial charge in [-0.1, -0.05) is 18.2 Å². The minimum absolute atomic E-state index is 0.597. The van der Waals surface area contributed by atoms with Crippen LogP contribution in [0.4, 0.5) is 5.82 Å². The lowest BCUT2D eigenvalue weighted by Crippen LogP contribution is -2.02. The third-order valence-corrected chi connectivity index (χ3v) is 2.82. The van der Waals surface area contributed by atoms with Crippen LogP contribution in [-0.2, 0) is 6.54 Å². The fourth-order valence-corrected chi connectivity index (χ4v) is 1.97. The molecular formula is C13H14N4. The van der Waals surface area contributed by atoms with Crippen molar-refractivity contribution >= 4 is 5.82 Å². The van der Waals surface area contributed by atoms with E-state index in [1.807, 2.05) is 36.6 Å². The van der Waals surface area contributed by atoms with Crippen LogP contribution in [0.3, 0.4) is 0 Å². The zero-order chi connectivity index (χ0) is 12.4. The maximum absolute atomic E-state index is 9.08. The summed E-state index contributed by atoms with van der Waals surface area (Å²) in [6, 6.07) is 9.53. The molecule has 0 unspecified atom stereocenters. The molecule has 1 heterocycles. The average molecular weight is 226 g/mol. The first-order valence-corrected chi connectivity index (χ1v) is 5.51.